The molecule has 4 aromatic rings. The molecular weight excluding hydrogens is 535 g/mol. The van der Waals surface area contributed by atoms with Gasteiger partial charge in [0, 0.05) is 27.1 Å². The maximum Gasteiger partial charge on any atom is 0.341 e. The molecule has 0 saturated carbocycles. The van der Waals surface area contributed by atoms with Crippen LogP contribution < -0.4 is 10.6 Å². The van der Waals surface area contributed by atoms with Crippen LogP contribution in [0.3, 0.4) is 0 Å². The molecule has 1 unspecified atom stereocenters. The van der Waals surface area contributed by atoms with E-state index >= 15 is 0 Å². The van der Waals surface area contributed by atoms with Crippen LogP contribution in [0.2, 0.25) is 0 Å². The van der Waals surface area contributed by atoms with Crippen molar-refractivity contribution < 1.29 is 23.5 Å². The van der Waals surface area contributed by atoms with E-state index in [0.717, 1.165) is 10.5 Å². The summed E-state index contributed by atoms with van der Waals surface area (Å²) in [5.41, 5.74) is 2.80. The Morgan fingerprint density at radius 1 is 0.949 bits per heavy atom. The summed E-state index contributed by atoms with van der Waals surface area (Å²) in [4.78, 5) is 39.5. The average molecular weight is 563 g/mol. The Morgan fingerprint density at radius 3 is 2.38 bits per heavy atom. The number of thiophene rings is 1. The van der Waals surface area contributed by atoms with Gasteiger partial charge in [-0.2, -0.15) is 0 Å². The molecule has 4 rings (SSSR count). The highest BCUT2D eigenvalue weighted by Gasteiger charge is 2.25. The third kappa shape index (κ3) is 7.13. The normalized spacial score (nSPS) is 11.5. The Hall–Kier alpha value is -3.95. The lowest BCUT2D eigenvalue weighted by Crippen LogP contribution is -2.25. The number of nitrogens with one attached hydrogen (secondary N) is 2. The van der Waals surface area contributed by atoms with Crippen LogP contribution in [0.5, 0.6) is 0 Å². The van der Waals surface area contributed by atoms with Crippen molar-refractivity contribution in [3.05, 3.63) is 101 Å². The lowest BCUT2D eigenvalue weighted by atomic mass is 10.0. The molecule has 0 spiro atoms. The molecule has 2 amide bonds. The van der Waals surface area contributed by atoms with Gasteiger partial charge in [-0.05, 0) is 61.4 Å². The second-order valence-electron chi connectivity index (χ2n) is 8.43. The predicted molar refractivity (Wildman–Crippen MR) is 155 cm³/mol. The molecule has 39 heavy (non-hydrogen) atoms. The smallest absolute Gasteiger partial charge is 0.341 e. The largest absolute Gasteiger partial charge is 0.462 e. The first-order valence-corrected chi connectivity index (χ1v) is 14.1. The molecule has 0 fully saturated rings. The number of carbonyl (C=O) groups is 3. The van der Waals surface area contributed by atoms with Gasteiger partial charge in [-0.15, -0.1) is 23.1 Å². The Bertz CT molecular complexity index is 1460. The van der Waals surface area contributed by atoms with Crippen LogP contribution in [-0.4, -0.2) is 29.6 Å². The van der Waals surface area contributed by atoms with E-state index < -0.39 is 17.0 Å². The molecule has 0 bridgehead atoms. The molecule has 3 aromatic carbocycles. The molecule has 9 heteroatoms. The second kappa shape index (κ2) is 13.2. The fraction of sp³-hybridized carbons (Fsp3) is 0.167. The second-order valence-corrected chi connectivity index (χ2v) is 10.6. The maximum atomic E-state index is 13.3. The van der Waals surface area contributed by atoms with Gasteiger partial charge in [0.15, 0.2) is 0 Å². The first kappa shape index (κ1) is 28.1. The summed E-state index contributed by atoms with van der Waals surface area (Å²) in [7, 11) is 0. The number of ether oxygens (including phenoxy) is 1. The van der Waals surface area contributed by atoms with E-state index in [1.165, 1.54) is 47.4 Å². The molecule has 0 aliphatic rings. The quantitative estimate of drug-likeness (QED) is 0.155. The van der Waals surface area contributed by atoms with Crippen molar-refractivity contribution >= 4 is 51.6 Å². The van der Waals surface area contributed by atoms with Crippen LogP contribution in [-0.2, 0) is 9.53 Å². The van der Waals surface area contributed by atoms with Gasteiger partial charge in [0.05, 0.1) is 11.9 Å². The van der Waals surface area contributed by atoms with E-state index in [-0.39, 0.29) is 18.4 Å². The van der Waals surface area contributed by atoms with E-state index in [0.29, 0.717) is 33.8 Å². The van der Waals surface area contributed by atoms with Crippen molar-refractivity contribution in [3.63, 3.8) is 0 Å². The minimum atomic E-state index is -0.488. The molecule has 0 saturated heterocycles. The highest BCUT2D eigenvalue weighted by atomic mass is 32.2. The summed E-state index contributed by atoms with van der Waals surface area (Å²) < 4.78 is 18.5. The van der Waals surface area contributed by atoms with Gasteiger partial charge in [-0.25, -0.2) is 9.18 Å². The fourth-order valence-corrected chi connectivity index (χ4v) is 5.79. The summed E-state index contributed by atoms with van der Waals surface area (Å²) >= 11 is 2.64. The number of hydrogen-bond donors (Lipinski definition) is 2. The number of thioether (sulfide) groups is 1. The number of carbonyl (C=O) groups excluding carboxylic acids is 3. The molecular formula is C30H27FN2O4S2. The lowest BCUT2D eigenvalue weighted by molar-refractivity contribution is -0.115. The Kier molecular flexibility index (Phi) is 9.51. The van der Waals surface area contributed by atoms with Crippen LogP contribution >= 0.6 is 23.1 Å². The standard InChI is InChI=1S/C30H27FN2O4S2/c1-3-25(39-23-12-8-11-22(17-23)32-27(34)20-13-15-21(31)16-14-20)28(35)33-29-26(30(36)37-4-2)24(18-38-29)19-9-6-5-7-10-19/h5-18,25H,3-4H2,1-2H3,(H,32,34)(H,33,35). The highest BCUT2D eigenvalue weighted by Crippen LogP contribution is 2.37. The summed E-state index contributed by atoms with van der Waals surface area (Å²) in [6.07, 6.45) is 0.536. The van der Waals surface area contributed by atoms with Gasteiger partial charge < -0.3 is 15.4 Å². The molecule has 1 atom stereocenters. The van der Waals surface area contributed by atoms with Crippen molar-refractivity contribution in [2.75, 3.05) is 17.2 Å². The monoisotopic (exact) mass is 562 g/mol. The zero-order valence-electron chi connectivity index (χ0n) is 21.4. The molecule has 1 aromatic heterocycles. The first-order valence-electron chi connectivity index (χ1n) is 12.4. The number of rotatable bonds is 10. The Labute approximate surface area is 234 Å². The van der Waals surface area contributed by atoms with Gasteiger partial charge in [-0.1, -0.05) is 43.3 Å². The van der Waals surface area contributed by atoms with Crippen LogP contribution in [0.15, 0.2) is 89.1 Å². The van der Waals surface area contributed by atoms with Crippen molar-refractivity contribution in [3.8, 4) is 11.1 Å². The lowest BCUT2D eigenvalue weighted by Gasteiger charge is -2.16. The fourth-order valence-electron chi connectivity index (χ4n) is 3.82. The maximum absolute atomic E-state index is 13.3. The van der Waals surface area contributed by atoms with Crippen molar-refractivity contribution in [1.82, 2.24) is 0 Å². The Balaban J connectivity index is 1.49. The summed E-state index contributed by atoms with van der Waals surface area (Å²) in [5, 5.41) is 7.58. The summed E-state index contributed by atoms with van der Waals surface area (Å²) in [5.74, 6) is -1.50. The van der Waals surface area contributed by atoms with Crippen molar-refractivity contribution in [2.24, 2.45) is 0 Å². The van der Waals surface area contributed by atoms with Gasteiger partial charge in [0.1, 0.15) is 16.4 Å². The molecule has 0 aliphatic carbocycles. The predicted octanol–water partition coefficient (Wildman–Crippen LogP) is 7.49. The molecule has 0 aliphatic heterocycles. The molecule has 2 N–H and O–H groups in total. The van der Waals surface area contributed by atoms with E-state index in [9.17, 15) is 18.8 Å². The number of anilines is 2. The SMILES string of the molecule is CCOC(=O)c1c(-c2ccccc2)csc1NC(=O)C(CC)Sc1cccc(NC(=O)c2ccc(F)cc2)c1. The molecule has 0 radical (unpaired) electrons. The molecule has 200 valence electrons. The van der Waals surface area contributed by atoms with Gasteiger partial charge >= 0.3 is 5.97 Å². The highest BCUT2D eigenvalue weighted by molar-refractivity contribution is 8.00. The van der Waals surface area contributed by atoms with Gasteiger partial charge in [0.25, 0.3) is 5.91 Å². The number of hydrogen-bond acceptors (Lipinski definition) is 6. The minimum Gasteiger partial charge on any atom is -0.462 e. The number of esters is 1. The summed E-state index contributed by atoms with van der Waals surface area (Å²) in [6, 6.07) is 22.0. The number of amides is 2. The first-order chi connectivity index (χ1) is 18.9. The van der Waals surface area contributed by atoms with E-state index in [4.69, 9.17) is 4.74 Å². The number of halogens is 1. The van der Waals surface area contributed by atoms with Crippen LogP contribution in [0, 0.1) is 5.82 Å². The van der Waals surface area contributed by atoms with E-state index in [1.807, 2.05) is 48.7 Å². The topological polar surface area (TPSA) is 84.5 Å². The van der Waals surface area contributed by atoms with Crippen LogP contribution in [0.25, 0.3) is 11.1 Å². The Morgan fingerprint density at radius 2 is 1.69 bits per heavy atom. The van der Waals surface area contributed by atoms with Gasteiger partial charge in [-0.3, -0.25) is 9.59 Å². The van der Waals surface area contributed by atoms with Crippen molar-refractivity contribution in [1.29, 1.82) is 0 Å². The van der Waals surface area contributed by atoms with E-state index in [2.05, 4.69) is 10.6 Å². The van der Waals surface area contributed by atoms with Gasteiger partial charge in [0.2, 0.25) is 5.91 Å². The van der Waals surface area contributed by atoms with Crippen molar-refractivity contribution in [2.45, 2.75) is 30.4 Å². The third-order valence-corrected chi connectivity index (χ3v) is 7.99. The third-order valence-electron chi connectivity index (χ3n) is 5.73. The summed E-state index contributed by atoms with van der Waals surface area (Å²) in [6.45, 7) is 3.87. The molecule has 6 nitrogen and oxygen atoms in total. The average Bonchev–Trinajstić information content (AvgIpc) is 3.36. The van der Waals surface area contributed by atoms with Crippen LogP contribution in [0.4, 0.5) is 15.1 Å². The zero-order valence-corrected chi connectivity index (χ0v) is 23.0. The minimum absolute atomic E-state index is 0.220. The molecule has 1 heterocycles. The number of benzene rings is 3. The zero-order chi connectivity index (χ0) is 27.8. The van der Waals surface area contributed by atoms with Crippen LogP contribution in [0.1, 0.15) is 41.0 Å². The van der Waals surface area contributed by atoms with E-state index in [1.54, 1.807) is 25.1 Å².